The number of fused-ring (bicyclic) bond motifs is 1. The van der Waals surface area contributed by atoms with Crippen molar-refractivity contribution in [3.63, 3.8) is 0 Å². The van der Waals surface area contributed by atoms with Crippen LogP contribution in [0.15, 0.2) is 18.3 Å². The van der Waals surface area contributed by atoms with Gasteiger partial charge in [0.25, 0.3) is 0 Å². The van der Waals surface area contributed by atoms with Gasteiger partial charge in [-0.15, -0.1) is 0 Å². The molecule has 2 aromatic rings. The number of hydrogen-bond acceptors (Lipinski definition) is 4. The lowest BCUT2D eigenvalue weighted by molar-refractivity contribution is 0.112. The Bertz CT molecular complexity index is 528. The number of carbonyl (C=O) groups excluding carboxylic acids is 1. The monoisotopic (exact) mass is 222 g/mol. The largest absolute Gasteiger partial charge is 0.480 e. The van der Waals surface area contributed by atoms with E-state index in [2.05, 4.69) is 9.97 Å². The number of aromatic nitrogens is 2. The lowest BCUT2D eigenvalue weighted by Gasteiger charge is -2.02. The fourth-order valence-corrected chi connectivity index (χ4v) is 1.51. The van der Waals surface area contributed by atoms with Crippen LogP contribution in [0.1, 0.15) is 10.4 Å². The van der Waals surface area contributed by atoms with E-state index in [0.717, 1.165) is 6.29 Å². The van der Waals surface area contributed by atoms with Crippen molar-refractivity contribution in [1.29, 1.82) is 0 Å². The van der Waals surface area contributed by atoms with Gasteiger partial charge in [-0.1, -0.05) is 11.6 Å². The predicted molar refractivity (Wildman–Crippen MR) is 56.5 cm³/mol. The number of methoxy groups -OCH3 is 1. The second-order valence-corrected chi connectivity index (χ2v) is 3.31. The number of ether oxygens (including phenoxy) is 1. The first-order chi connectivity index (χ1) is 7.24. The molecule has 0 unspecified atom stereocenters. The van der Waals surface area contributed by atoms with Crippen molar-refractivity contribution in [2.24, 2.45) is 0 Å². The first-order valence-electron chi connectivity index (χ1n) is 4.20. The van der Waals surface area contributed by atoms with Gasteiger partial charge in [-0.25, -0.2) is 9.97 Å². The average molecular weight is 223 g/mol. The van der Waals surface area contributed by atoms with E-state index in [1.165, 1.54) is 13.3 Å². The number of carbonyl (C=O) groups is 1. The summed E-state index contributed by atoms with van der Waals surface area (Å²) in [4.78, 5) is 18.8. The van der Waals surface area contributed by atoms with Gasteiger partial charge in [0.1, 0.15) is 11.8 Å². The summed E-state index contributed by atoms with van der Waals surface area (Å²) < 4.78 is 4.93. The van der Waals surface area contributed by atoms with Gasteiger partial charge >= 0.3 is 0 Å². The molecule has 1 aromatic carbocycles. The highest BCUT2D eigenvalue weighted by atomic mass is 35.5. The Balaban J connectivity index is 2.73. The fraction of sp³-hybridized carbons (Fsp3) is 0.100. The molecule has 4 nitrogen and oxygen atoms in total. The van der Waals surface area contributed by atoms with E-state index in [9.17, 15) is 4.79 Å². The molecule has 0 aliphatic rings. The summed E-state index contributed by atoms with van der Waals surface area (Å²) in [7, 11) is 1.50. The summed E-state index contributed by atoms with van der Waals surface area (Å²) in [5.74, 6) is 0.392. The van der Waals surface area contributed by atoms with Crippen molar-refractivity contribution in [2.75, 3.05) is 7.11 Å². The number of nitrogens with zero attached hydrogens (tertiary/aromatic N) is 2. The minimum absolute atomic E-state index is 0.390. The molecule has 0 bridgehead atoms. The Kier molecular flexibility index (Phi) is 2.51. The zero-order valence-corrected chi connectivity index (χ0v) is 8.65. The van der Waals surface area contributed by atoms with Gasteiger partial charge in [-0.2, -0.15) is 0 Å². The third-order valence-corrected chi connectivity index (χ3v) is 2.24. The maximum absolute atomic E-state index is 10.6. The first kappa shape index (κ1) is 9.86. The maximum Gasteiger partial charge on any atom is 0.232 e. The molecule has 5 heteroatoms. The maximum atomic E-state index is 10.6. The van der Waals surface area contributed by atoms with E-state index in [0.29, 0.717) is 27.5 Å². The van der Waals surface area contributed by atoms with Crippen LogP contribution in [0.25, 0.3) is 11.0 Å². The van der Waals surface area contributed by atoms with E-state index < -0.39 is 0 Å². The van der Waals surface area contributed by atoms with Crippen LogP contribution in [0.2, 0.25) is 5.02 Å². The molecule has 0 atom stereocenters. The van der Waals surface area contributed by atoms with Gasteiger partial charge in [-0.05, 0) is 12.1 Å². The summed E-state index contributed by atoms with van der Waals surface area (Å²) in [6, 6.07) is 3.17. The smallest absolute Gasteiger partial charge is 0.232 e. The van der Waals surface area contributed by atoms with Gasteiger partial charge in [0.05, 0.1) is 23.8 Å². The normalized spacial score (nSPS) is 10.3. The molecule has 0 amide bonds. The van der Waals surface area contributed by atoms with E-state index in [1.54, 1.807) is 12.1 Å². The molecule has 1 heterocycles. The number of halogens is 1. The molecule has 0 aliphatic carbocycles. The van der Waals surface area contributed by atoms with Crippen molar-refractivity contribution in [1.82, 2.24) is 9.97 Å². The molecular weight excluding hydrogens is 216 g/mol. The van der Waals surface area contributed by atoms with Gasteiger partial charge in [0.15, 0.2) is 0 Å². The van der Waals surface area contributed by atoms with Crippen molar-refractivity contribution >= 4 is 28.9 Å². The number of benzene rings is 1. The molecule has 0 spiro atoms. The standard InChI is InChI=1S/C10H7ClN2O2/c1-15-9-4-12-8-3-6(5-14)2-7(11)10(8)13-9/h2-5H,1H3. The third kappa shape index (κ3) is 1.76. The van der Waals surface area contributed by atoms with Crippen LogP contribution in [0.4, 0.5) is 0 Å². The van der Waals surface area contributed by atoms with Crippen molar-refractivity contribution in [3.05, 3.63) is 28.9 Å². The Morgan fingerprint density at radius 1 is 1.47 bits per heavy atom. The van der Waals surface area contributed by atoms with Gasteiger partial charge in [0.2, 0.25) is 5.88 Å². The molecule has 1 aromatic heterocycles. The summed E-state index contributed by atoms with van der Waals surface area (Å²) >= 11 is 5.95. The minimum atomic E-state index is 0.390. The molecule has 2 rings (SSSR count). The predicted octanol–water partition coefficient (Wildman–Crippen LogP) is 2.10. The van der Waals surface area contributed by atoms with Crippen molar-refractivity contribution in [3.8, 4) is 5.88 Å². The molecule has 0 aliphatic heterocycles. The zero-order chi connectivity index (χ0) is 10.8. The van der Waals surface area contributed by atoms with E-state index >= 15 is 0 Å². The quantitative estimate of drug-likeness (QED) is 0.731. The summed E-state index contributed by atoms with van der Waals surface area (Å²) in [5.41, 5.74) is 1.58. The number of aldehydes is 1. The molecular formula is C10H7ClN2O2. The molecule has 76 valence electrons. The lowest BCUT2D eigenvalue weighted by atomic mass is 10.2. The van der Waals surface area contributed by atoms with Gasteiger partial charge in [0, 0.05) is 5.56 Å². The molecule has 0 radical (unpaired) electrons. The second-order valence-electron chi connectivity index (χ2n) is 2.90. The molecule has 0 saturated heterocycles. The number of rotatable bonds is 2. The van der Waals surface area contributed by atoms with Crippen molar-refractivity contribution < 1.29 is 9.53 Å². The Labute approximate surface area is 90.9 Å². The first-order valence-corrected chi connectivity index (χ1v) is 4.58. The highest BCUT2D eigenvalue weighted by Gasteiger charge is 2.06. The van der Waals surface area contributed by atoms with Crippen LogP contribution >= 0.6 is 11.6 Å². The molecule has 0 fully saturated rings. The highest BCUT2D eigenvalue weighted by Crippen LogP contribution is 2.23. The van der Waals surface area contributed by atoms with Crippen LogP contribution in [0.5, 0.6) is 5.88 Å². The van der Waals surface area contributed by atoms with Gasteiger partial charge in [-0.3, -0.25) is 4.79 Å². The third-order valence-electron chi connectivity index (χ3n) is 1.95. The summed E-state index contributed by atoms with van der Waals surface area (Å²) in [6.07, 6.45) is 2.20. The van der Waals surface area contributed by atoms with Crippen LogP contribution in [0, 0.1) is 0 Å². The van der Waals surface area contributed by atoms with E-state index in [1.807, 2.05) is 0 Å². The second kappa shape index (κ2) is 3.82. The van der Waals surface area contributed by atoms with E-state index in [4.69, 9.17) is 16.3 Å². The highest BCUT2D eigenvalue weighted by molar-refractivity contribution is 6.35. The zero-order valence-electron chi connectivity index (χ0n) is 7.90. The van der Waals surface area contributed by atoms with E-state index in [-0.39, 0.29) is 0 Å². The topological polar surface area (TPSA) is 52.1 Å². The van der Waals surface area contributed by atoms with Crippen LogP contribution in [-0.2, 0) is 0 Å². The molecule has 15 heavy (non-hydrogen) atoms. The summed E-state index contributed by atoms with van der Waals surface area (Å²) in [6.45, 7) is 0. The van der Waals surface area contributed by atoms with Crippen LogP contribution in [0.3, 0.4) is 0 Å². The molecule has 0 saturated carbocycles. The fourth-order valence-electron chi connectivity index (χ4n) is 1.24. The minimum Gasteiger partial charge on any atom is -0.480 e. The number of hydrogen-bond donors (Lipinski definition) is 0. The Hall–Kier alpha value is -1.68. The Morgan fingerprint density at radius 2 is 2.27 bits per heavy atom. The molecule has 0 N–H and O–H groups in total. The average Bonchev–Trinajstić information content (AvgIpc) is 2.28. The lowest BCUT2D eigenvalue weighted by Crippen LogP contribution is -1.92. The Morgan fingerprint density at radius 3 is 2.93 bits per heavy atom. The van der Waals surface area contributed by atoms with Crippen molar-refractivity contribution in [2.45, 2.75) is 0 Å². The van der Waals surface area contributed by atoms with Crippen LogP contribution in [-0.4, -0.2) is 23.4 Å². The van der Waals surface area contributed by atoms with Gasteiger partial charge < -0.3 is 4.74 Å². The van der Waals surface area contributed by atoms with Crippen LogP contribution < -0.4 is 4.74 Å². The summed E-state index contributed by atoms with van der Waals surface area (Å²) in [5, 5.41) is 0.390. The SMILES string of the molecule is COc1cnc2cc(C=O)cc(Cl)c2n1.